The van der Waals surface area contributed by atoms with E-state index in [0.717, 1.165) is 11.1 Å². The molecular weight excluding hydrogens is 184 g/mol. The van der Waals surface area contributed by atoms with Crippen molar-refractivity contribution in [2.45, 2.75) is 13.8 Å². The van der Waals surface area contributed by atoms with Gasteiger partial charge in [0.2, 0.25) is 0 Å². The molecule has 15 heavy (non-hydrogen) atoms. The summed E-state index contributed by atoms with van der Waals surface area (Å²) in [5.74, 6) is 0.178. The second-order valence-corrected chi connectivity index (χ2v) is 3.92. The summed E-state index contributed by atoms with van der Waals surface area (Å²) >= 11 is 0. The number of allylic oxidation sites excluding steroid dienone is 4. The summed E-state index contributed by atoms with van der Waals surface area (Å²) < 4.78 is 0. The summed E-state index contributed by atoms with van der Waals surface area (Å²) in [5.41, 5.74) is 3.50. The van der Waals surface area contributed by atoms with Gasteiger partial charge in [0.15, 0.2) is 5.78 Å². The molecule has 76 valence electrons. The van der Waals surface area contributed by atoms with Crippen LogP contribution >= 0.6 is 0 Å². The molecule has 0 saturated carbocycles. The molecule has 1 aliphatic rings. The molecule has 1 aliphatic carbocycles. The molecule has 0 amide bonds. The van der Waals surface area contributed by atoms with Gasteiger partial charge in [0.05, 0.1) is 0 Å². The van der Waals surface area contributed by atoms with Crippen molar-refractivity contribution < 1.29 is 4.79 Å². The molecule has 1 atom stereocenters. The van der Waals surface area contributed by atoms with Gasteiger partial charge in [0.25, 0.3) is 0 Å². The molecule has 0 aliphatic heterocycles. The van der Waals surface area contributed by atoms with Gasteiger partial charge in [-0.25, -0.2) is 0 Å². The van der Waals surface area contributed by atoms with E-state index >= 15 is 0 Å². The van der Waals surface area contributed by atoms with Gasteiger partial charge >= 0.3 is 0 Å². The maximum atomic E-state index is 11.6. The number of ketones is 1. The first-order valence-corrected chi connectivity index (χ1v) is 5.18. The highest BCUT2D eigenvalue weighted by molar-refractivity contribution is 6.03. The summed E-state index contributed by atoms with van der Waals surface area (Å²) in [7, 11) is 0. The van der Waals surface area contributed by atoms with Gasteiger partial charge in [0.1, 0.15) is 0 Å². The molecule has 2 rings (SSSR count). The van der Waals surface area contributed by atoms with Crippen LogP contribution in [0.15, 0.2) is 48.1 Å². The molecule has 1 aromatic rings. The zero-order valence-electron chi connectivity index (χ0n) is 9.03. The first kappa shape index (κ1) is 9.91. The zero-order valence-corrected chi connectivity index (χ0v) is 9.03. The molecule has 0 N–H and O–H groups in total. The highest BCUT2D eigenvalue weighted by atomic mass is 16.1. The summed E-state index contributed by atoms with van der Waals surface area (Å²) in [5, 5.41) is 0. The van der Waals surface area contributed by atoms with Gasteiger partial charge in [-0.2, -0.15) is 0 Å². The Morgan fingerprint density at radius 3 is 2.40 bits per heavy atom. The van der Waals surface area contributed by atoms with Crippen LogP contribution in [-0.2, 0) is 4.79 Å². The van der Waals surface area contributed by atoms with E-state index in [0.29, 0.717) is 0 Å². The van der Waals surface area contributed by atoms with Crippen LogP contribution in [-0.4, -0.2) is 5.78 Å². The van der Waals surface area contributed by atoms with Gasteiger partial charge in [-0.1, -0.05) is 43.3 Å². The molecule has 0 saturated heterocycles. The van der Waals surface area contributed by atoms with Crippen LogP contribution < -0.4 is 0 Å². The molecule has 0 radical (unpaired) electrons. The third-order valence-electron chi connectivity index (χ3n) is 2.87. The van der Waals surface area contributed by atoms with Crippen molar-refractivity contribution >= 4 is 11.4 Å². The number of hydrogen-bond donors (Lipinski definition) is 0. The van der Waals surface area contributed by atoms with Gasteiger partial charge in [-0.05, 0) is 29.7 Å². The van der Waals surface area contributed by atoms with Crippen molar-refractivity contribution in [2.75, 3.05) is 0 Å². The second-order valence-electron chi connectivity index (χ2n) is 3.92. The Morgan fingerprint density at radius 2 is 1.73 bits per heavy atom. The van der Waals surface area contributed by atoms with E-state index in [-0.39, 0.29) is 11.7 Å². The van der Waals surface area contributed by atoms with Crippen LogP contribution in [0, 0.1) is 5.92 Å². The van der Waals surface area contributed by atoms with Crippen molar-refractivity contribution in [3.63, 3.8) is 0 Å². The Labute approximate surface area is 90.1 Å². The quantitative estimate of drug-likeness (QED) is 0.677. The third-order valence-corrected chi connectivity index (χ3v) is 2.87. The minimum atomic E-state index is -0.0163. The standard InChI is InChI=1S/C14H14O/c1-10-8-9-13(15)11(2)14(10)12-6-4-3-5-7-12/h3-9,11H,1-2H3. The Bertz CT molecular complexity index is 438. The van der Waals surface area contributed by atoms with Crippen LogP contribution in [0.1, 0.15) is 19.4 Å². The molecule has 0 aromatic heterocycles. The number of carbonyl (C=O) groups is 1. The van der Waals surface area contributed by atoms with Gasteiger partial charge < -0.3 is 0 Å². The fourth-order valence-electron chi connectivity index (χ4n) is 2.02. The molecule has 1 nitrogen and oxygen atoms in total. The first-order chi connectivity index (χ1) is 7.20. The largest absolute Gasteiger partial charge is 0.294 e. The van der Waals surface area contributed by atoms with Crippen molar-refractivity contribution in [1.29, 1.82) is 0 Å². The monoisotopic (exact) mass is 198 g/mol. The third kappa shape index (κ3) is 1.78. The van der Waals surface area contributed by atoms with Gasteiger partial charge in [-0.15, -0.1) is 0 Å². The number of rotatable bonds is 1. The Kier molecular flexibility index (Phi) is 2.55. The number of carbonyl (C=O) groups excluding carboxylic acids is 1. The Balaban J connectivity index is 2.51. The predicted octanol–water partition coefficient (Wildman–Crippen LogP) is 3.24. The summed E-state index contributed by atoms with van der Waals surface area (Å²) in [6, 6.07) is 10.1. The summed E-state index contributed by atoms with van der Waals surface area (Å²) in [4.78, 5) is 11.6. The van der Waals surface area contributed by atoms with Crippen molar-refractivity contribution in [1.82, 2.24) is 0 Å². The fraction of sp³-hybridized carbons (Fsp3) is 0.214. The normalized spacial score (nSPS) is 20.9. The van der Waals surface area contributed by atoms with E-state index in [1.807, 2.05) is 31.2 Å². The van der Waals surface area contributed by atoms with E-state index in [1.54, 1.807) is 6.08 Å². The van der Waals surface area contributed by atoms with E-state index in [1.165, 1.54) is 5.57 Å². The molecule has 0 fully saturated rings. The number of hydrogen-bond acceptors (Lipinski definition) is 1. The fourth-order valence-corrected chi connectivity index (χ4v) is 2.02. The molecule has 0 spiro atoms. The molecule has 0 heterocycles. The molecule has 1 aromatic carbocycles. The Morgan fingerprint density at radius 1 is 1.07 bits per heavy atom. The van der Waals surface area contributed by atoms with Crippen LogP contribution in [0.2, 0.25) is 0 Å². The van der Waals surface area contributed by atoms with E-state index in [4.69, 9.17) is 0 Å². The maximum absolute atomic E-state index is 11.6. The average molecular weight is 198 g/mol. The smallest absolute Gasteiger partial charge is 0.162 e. The molecule has 0 bridgehead atoms. The first-order valence-electron chi connectivity index (χ1n) is 5.18. The predicted molar refractivity (Wildman–Crippen MR) is 62.3 cm³/mol. The van der Waals surface area contributed by atoms with Crippen LogP contribution in [0.5, 0.6) is 0 Å². The van der Waals surface area contributed by atoms with Gasteiger partial charge in [0, 0.05) is 5.92 Å². The summed E-state index contributed by atoms with van der Waals surface area (Å²) in [6.45, 7) is 4.03. The van der Waals surface area contributed by atoms with Crippen molar-refractivity contribution in [2.24, 2.45) is 5.92 Å². The van der Waals surface area contributed by atoms with E-state index < -0.39 is 0 Å². The number of benzene rings is 1. The lowest BCUT2D eigenvalue weighted by molar-refractivity contribution is -0.116. The lowest BCUT2D eigenvalue weighted by atomic mass is 9.84. The lowest BCUT2D eigenvalue weighted by Gasteiger charge is -2.19. The van der Waals surface area contributed by atoms with E-state index in [9.17, 15) is 4.79 Å². The van der Waals surface area contributed by atoms with E-state index in [2.05, 4.69) is 19.1 Å². The topological polar surface area (TPSA) is 17.1 Å². The minimum Gasteiger partial charge on any atom is -0.294 e. The lowest BCUT2D eigenvalue weighted by Crippen LogP contribution is -2.14. The maximum Gasteiger partial charge on any atom is 0.162 e. The zero-order chi connectivity index (χ0) is 10.8. The van der Waals surface area contributed by atoms with Crippen LogP contribution in [0.25, 0.3) is 5.57 Å². The second kappa shape index (κ2) is 3.85. The molecule has 1 unspecified atom stereocenters. The highest BCUT2D eigenvalue weighted by Crippen LogP contribution is 2.31. The van der Waals surface area contributed by atoms with Crippen LogP contribution in [0.4, 0.5) is 0 Å². The SMILES string of the molecule is CC1=C(c2ccccc2)C(C)C(=O)C=C1. The van der Waals surface area contributed by atoms with Crippen molar-refractivity contribution in [3.8, 4) is 0 Å². The van der Waals surface area contributed by atoms with Crippen LogP contribution in [0.3, 0.4) is 0 Å². The van der Waals surface area contributed by atoms with Gasteiger partial charge in [-0.3, -0.25) is 4.79 Å². The summed E-state index contributed by atoms with van der Waals surface area (Å²) in [6.07, 6.45) is 3.58. The average Bonchev–Trinajstić information content (AvgIpc) is 2.26. The van der Waals surface area contributed by atoms with Crippen molar-refractivity contribution in [3.05, 3.63) is 53.6 Å². The molecule has 1 heteroatoms. The minimum absolute atomic E-state index is 0.0163. The Hall–Kier alpha value is -1.63. The molecular formula is C14H14O. The highest BCUT2D eigenvalue weighted by Gasteiger charge is 2.21.